The van der Waals surface area contributed by atoms with Gasteiger partial charge in [0, 0.05) is 30.2 Å². The van der Waals surface area contributed by atoms with E-state index in [2.05, 4.69) is 4.90 Å². The number of amides is 1. The zero-order chi connectivity index (χ0) is 34.1. The molecule has 0 aliphatic carbocycles. The van der Waals surface area contributed by atoms with E-state index in [1.807, 2.05) is 25.7 Å². The van der Waals surface area contributed by atoms with Crippen molar-refractivity contribution in [2.24, 2.45) is 4.99 Å². The molecule has 13 heteroatoms. The van der Waals surface area contributed by atoms with Gasteiger partial charge in [-0.05, 0) is 88.9 Å². The van der Waals surface area contributed by atoms with E-state index in [1.165, 1.54) is 45.9 Å². The summed E-state index contributed by atoms with van der Waals surface area (Å²) in [6.07, 6.45) is 1.92. The Balaban J connectivity index is 0.000000318. The third kappa shape index (κ3) is 9.53. The van der Waals surface area contributed by atoms with Crippen LogP contribution in [0.5, 0.6) is 11.5 Å². The van der Waals surface area contributed by atoms with Crippen LogP contribution in [-0.2, 0) is 14.4 Å². The number of carbonyl (C=O) groups is 2. The lowest BCUT2D eigenvalue weighted by molar-refractivity contribution is -0.230. The number of carbonyl (C=O) groups excluding carboxylic acids is 2. The molecular formula is C34H44ClF3N4O5. The maximum absolute atomic E-state index is 13.2. The van der Waals surface area contributed by atoms with Crippen LogP contribution >= 0.6 is 11.6 Å². The number of rotatable bonds is 10. The van der Waals surface area contributed by atoms with E-state index in [4.69, 9.17) is 30.9 Å². The molecule has 0 spiro atoms. The van der Waals surface area contributed by atoms with E-state index < -0.39 is 24.2 Å². The maximum atomic E-state index is 13.2. The van der Waals surface area contributed by atoms with Gasteiger partial charge < -0.3 is 24.1 Å². The van der Waals surface area contributed by atoms with Gasteiger partial charge >= 0.3 is 12.1 Å². The summed E-state index contributed by atoms with van der Waals surface area (Å²) in [5, 5.41) is 1.41. The molecule has 2 aromatic rings. The minimum atomic E-state index is -5.18. The second-order valence-corrected chi connectivity index (χ2v) is 12.6. The van der Waals surface area contributed by atoms with Crippen molar-refractivity contribution in [3.63, 3.8) is 0 Å². The second-order valence-electron chi connectivity index (χ2n) is 12.2. The van der Waals surface area contributed by atoms with Crippen LogP contribution < -0.4 is 9.47 Å². The van der Waals surface area contributed by atoms with Crippen LogP contribution in [0.3, 0.4) is 0 Å². The number of aliphatic imine (C=N–C) groups is 1. The Morgan fingerprint density at radius 1 is 1.06 bits per heavy atom. The SMILES string of the molecule is CCCC1N=C(c2ccc(OC)cc2OC(C)C)N(OC(=O)C(F)(F)F)C1c1ccc(Cl)cc1.O=CN1CCC(N2CCCC2)CC1. The number of alkyl halides is 3. The summed E-state index contributed by atoms with van der Waals surface area (Å²) in [5.74, 6) is -1.44. The van der Waals surface area contributed by atoms with Crippen LogP contribution in [0.15, 0.2) is 47.5 Å². The molecule has 1 amide bonds. The maximum Gasteiger partial charge on any atom is 0.493 e. The summed E-state index contributed by atoms with van der Waals surface area (Å²) in [7, 11) is 1.49. The van der Waals surface area contributed by atoms with Gasteiger partial charge in [-0.1, -0.05) is 37.1 Å². The van der Waals surface area contributed by atoms with Gasteiger partial charge in [0.05, 0.1) is 24.8 Å². The van der Waals surface area contributed by atoms with Crippen molar-refractivity contribution in [3.8, 4) is 11.5 Å². The summed E-state index contributed by atoms with van der Waals surface area (Å²) < 4.78 is 50.8. The summed E-state index contributed by atoms with van der Waals surface area (Å²) in [4.78, 5) is 36.6. The molecule has 3 heterocycles. The number of halogens is 4. The lowest BCUT2D eigenvalue weighted by atomic mass is 9.97. The quantitative estimate of drug-likeness (QED) is 0.255. The molecule has 2 fully saturated rings. The van der Waals surface area contributed by atoms with Crippen molar-refractivity contribution < 1.29 is 37.1 Å². The van der Waals surface area contributed by atoms with Gasteiger partial charge in [0.1, 0.15) is 17.5 Å². The fraction of sp³-hybridized carbons (Fsp3) is 0.559. The number of ether oxygens (including phenoxy) is 2. The Bertz CT molecular complexity index is 1360. The first-order valence-electron chi connectivity index (χ1n) is 16.1. The van der Waals surface area contributed by atoms with Crippen LogP contribution in [-0.4, -0.2) is 90.7 Å². The van der Waals surface area contributed by atoms with Crippen molar-refractivity contribution in [1.29, 1.82) is 0 Å². The molecule has 0 N–H and O–H groups in total. The zero-order valence-corrected chi connectivity index (χ0v) is 28.1. The van der Waals surface area contributed by atoms with Gasteiger partial charge in [0.25, 0.3) is 0 Å². The predicted molar refractivity (Wildman–Crippen MR) is 174 cm³/mol. The molecule has 9 nitrogen and oxygen atoms in total. The van der Waals surface area contributed by atoms with E-state index >= 15 is 0 Å². The molecule has 2 atom stereocenters. The Morgan fingerprint density at radius 2 is 1.72 bits per heavy atom. The minimum Gasteiger partial charge on any atom is -0.497 e. The first-order valence-corrected chi connectivity index (χ1v) is 16.5. The second kappa shape index (κ2) is 16.5. The van der Waals surface area contributed by atoms with Gasteiger partial charge in [-0.3, -0.25) is 9.79 Å². The van der Waals surface area contributed by atoms with Gasteiger partial charge in [-0.2, -0.15) is 18.2 Å². The minimum absolute atomic E-state index is 0.0642. The number of piperidine rings is 1. The van der Waals surface area contributed by atoms with E-state index in [0.717, 1.165) is 30.6 Å². The number of hydrogen-bond acceptors (Lipinski definition) is 8. The van der Waals surface area contributed by atoms with Gasteiger partial charge in [-0.25, -0.2) is 4.79 Å². The van der Waals surface area contributed by atoms with Crippen molar-refractivity contribution in [3.05, 3.63) is 58.6 Å². The molecule has 47 heavy (non-hydrogen) atoms. The summed E-state index contributed by atoms with van der Waals surface area (Å²) in [5.41, 5.74) is 0.985. The summed E-state index contributed by atoms with van der Waals surface area (Å²) in [6, 6.07) is 11.0. The predicted octanol–water partition coefficient (Wildman–Crippen LogP) is 6.83. The van der Waals surface area contributed by atoms with E-state index in [1.54, 1.807) is 42.5 Å². The first kappa shape index (κ1) is 36.3. The van der Waals surface area contributed by atoms with Crippen molar-refractivity contribution in [1.82, 2.24) is 14.9 Å². The van der Waals surface area contributed by atoms with Crippen LogP contribution in [0, 0.1) is 0 Å². The van der Waals surface area contributed by atoms with E-state index in [-0.39, 0.29) is 11.9 Å². The van der Waals surface area contributed by atoms with Crippen LogP contribution in [0.4, 0.5) is 13.2 Å². The number of benzene rings is 2. The molecular weight excluding hydrogens is 637 g/mol. The zero-order valence-electron chi connectivity index (χ0n) is 27.3. The highest BCUT2D eigenvalue weighted by atomic mass is 35.5. The monoisotopic (exact) mass is 680 g/mol. The molecule has 2 saturated heterocycles. The van der Waals surface area contributed by atoms with Crippen LogP contribution in [0.1, 0.15) is 76.5 Å². The lowest BCUT2D eigenvalue weighted by Gasteiger charge is -2.34. The molecule has 0 saturated carbocycles. The molecule has 3 aliphatic rings. The largest absolute Gasteiger partial charge is 0.497 e. The fourth-order valence-corrected chi connectivity index (χ4v) is 6.29. The fourth-order valence-electron chi connectivity index (χ4n) is 6.17. The molecule has 0 radical (unpaired) electrons. The molecule has 258 valence electrons. The standard InChI is InChI=1S/C24H26ClF3N2O4.C10H18N2O/c1-5-6-19-21(15-7-9-16(25)10-8-15)30(34-23(31)24(26,27)28)22(29-19)18-12-11-17(32-4)13-20(18)33-14(2)3;13-9-11-7-3-10(4-8-11)12-5-1-2-6-12/h7-14,19,21H,5-6H2,1-4H3;9-10H,1-8H2. The topological polar surface area (TPSA) is 83.9 Å². The third-order valence-electron chi connectivity index (χ3n) is 8.42. The lowest BCUT2D eigenvalue weighted by Crippen LogP contribution is -2.43. The van der Waals surface area contributed by atoms with Crippen molar-refractivity contribution >= 4 is 29.8 Å². The van der Waals surface area contributed by atoms with Crippen molar-refractivity contribution in [2.75, 3.05) is 33.3 Å². The van der Waals surface area contributed by atoms with Gasteiger partial charge in [0.2, 0.25) is 6.41 Å². The smallest absolute Gasteiger partial charge is 0.493 e. The highest BCUT2D eigenvalue weighted by molar-refractivity contribution is 6.30. The van der Waals surface area contributed by atoms with Gasteiger partial charge in [0.15, 0.2) is 5.84 Å². The van der Waals surface area contributed by atoms with Crippen LogP contribution in [0.25, 0.3) is 0 Å². The third-order valence-corrected chi connectivity index (χ3v) is 8.67. The number of hydrogen-bond donors (Lipinski definition) is 0. The molecule has 3 aliphatic heterocycles. The Hall–Kier alpha value is -3.51. The number of methoxy groups -OCH3 is 1. The molecule has 0 aromatic heterocycles. The summed E-state index contributed by atoms with van der Waals surface area (Å²) >= 11 is 6.01. The average molecular weight is 681 g/mol. The number of hydroxylamine groups is 2. The Labute approximate surface area is 279 Å². The van der Waals surface area contributed by atoms with E-state index in [9.17, 15) is 22.8 Å². The van der Waals surface area contributed by atoms with Crippen LogP contribution in [0.2, 0.25) is 5.02 Å². The average Bonchev–Trinajstić information content (AvgIpc) is 3.70. The normalized spacial score (nSPS) is 20.5. The van der Waals surface area contributed by atoms with E-state index in [0.29, 0.717) is 40.5 Å². The molecule has 2 unspecified atom stereocenters. The number of likely N-dealkylation sites (tertiary alicyclic amines) is 2. The number of nitrogens with zero attached hydrogens (tertiary/aromatic N) is 4. The highest BCUT2D eigenvalue weighted by Gasteiger charge is 2.48. The summed E-state index contributed by atoms with van der Waals surface area (Å²) in [6.45, 7) is 10.1. The molecule has 5 rings (SSSR count). The van der Waals surface area contributed by atoms with Crippen molar-refractivity contribution in [2.45, 2.75) is 89.7 Å². The highest BCUT2D eigenvalue weighted by Crippen LogP contribution is 2.40. The first-order chi connectivity index (χ1) is 22.4. The molecule has 2 aromatic carbocycles. The molecule has 0 bridgehead atoms. The number of amidine groups is 1. The van der Waals surface area contributed by atoms with Gasteiger partial charge in [-0.15, -0.1) is 0 Å². The Kier molecular flexibility index (Phi) is 12.8. The Morgan fingerprint density at radius 3 is 2.28 bits per heavy atom.